The zero-order chi connectivity index (χ0) is 0. The molecule has 0 heterocycles. The van der Waals surface area contributed by atoms with E-state index in [-0.39, 0.29) is 36.9 Å². The summed E-state index contributed by atoms with van der Waals surface area (Å²) in [5.74, 6) is 0. The maximum atomic E-state index is 0. The maximum absolute atomic E-state index is 0. The molecule has 0 aliphatic rings. The predicted molar refractivity (Wildman–Crippen MR) is 38.6 cm³/mol. The van der Waals surface area contributed by atoms with E-state index in [1.165, 1.54) is 0 Å². The third-order valence-electron chi connectivity index (χ3n) is 0. The van der Waals surface area contributed by atoms with Gasteiger partial charge in [0.1, 0.15) is 0 Å². The van der Waals surface area contributed by atoms with Gasteiger partial charge in [0.25, 0.3) is 0 Å². The summed E-state index contributed by atoms with van der Waals surface area (Å²) in [6.45, 7) is 0. The van der Waals surface area contributed by atoms with Gasteiger partial charge in [0, 0.05) is 0 Å². The van der Waals surface area contributed by atoms with Crippen LogP contribution >= 0.6 is 19.8 Å². The Hall–Kier alpha value is 1.04. The van der Waals surface area contributed by atoms with Gasteiger partial charge in [-0.2, -0.15) is 19.8 Å². The molecule has 0 aliphatic carbocycles. The van der Waals surface area contributed by atoms with Gasteiger partial charge in [-0.05, 0) is 11.0 Å². The Morgan fingerprint density at radius 3 is 0.750 bits per heavy atom. The molecule has 0 aromatic heterocycles. The van der Waals surface area contributed by atoms with Crippen LogP contribution in [0.2, 0.25) is 0 Å². The van der Waals surface area contributed by atoms with Crippen LogP contribution in [0.25, 0.3) is 0 Å². The Balaban J connectivity index is 0. The molecule has 3 N–H and O–H groups in total. The Morgan fingerprint density at radius 1 is 0.750 bits per heavy atom. The van der Waals surface area contributed by atoms with Crippen molar-refractivity contribution in [3.05, 3.63) is 0 Å². The molecule has 0 fully saturated rings. The van der Waals surface area contributed by atoms with Crippen molar-refractivity contribution in [2.75, 3.05) is 0 Å². The lowest BCUT2D eigenvalue weighted by molar-refractivity contribution is 2.13. The Bertz CT molecular complexity index is 6.00. The van der Waals surface area contributed by atoms with E-state index in [1.807, 2.05) is 0 Å². The minimum Gasteiger partial charge on any atom is -0.344 e. The summed E-state index contributed by atoms with van der Waals surface area (Å²) in [6, 6.07) is 0. The average Bonchev–Trinajstić information content (AvgIpc) is 0. The van der Waals surface area contributed by atoms with E-state index in [1.54, 1.807) is 0 Å². The van der Waals surface area contributed by atoms with Gasteiger partial charge in [0.15, 0.2) is 0 Å². The van der Waals surface area contributed by atoms with Crippen LogP contribution in [0, 0.1) is 0 Å². The third-order valence-corrected chi connectivity index (χ3v) is 0. The van der Waals surface area contributed by atoms with E-state index in [9.17, 15) is 0 Å². The highest BCUT2D eigenvalue weighted by Crippen LogP contribution is 0.862. The average molecular weight is 117 g/mol. The van der Waals surface area contributed by atoms with Crippen LogP contribution in [-0.2, 0) is 0 Å². The summed E-state index contributed by atoms with van der Waals surface area (Å²) in [5.41, 5.74) is 0. The number of rotatable bonds is 0. The molecule has 0 saturated carbocycles. The van der Waals surface area contributed by atoms with Crippen molar-refractivity contribution in [2.24, 2.45) is 0 Å². The van der Waals surface area contributed by atoms with Crippen LogP contribution in [-0.4, -0.2) is 11.0 Å². The van der Waals surface area contributed by atoms with Gasteiger partial charge in [0.2, 0.25) is 0 Å². The lowest BCUT2D eigenvalue weighted by atomic mass is 14.0. The van der Waals surface area contributed by atoms with Crippen LogP contribution in [0.5, 0.6) is 0 Å². The van der Waals surface area contributed by atoms with Crippen molar-refractivity contribution in [3.63, 3.8) is 0 Å². The second-order valence-electron chi connectivity index (χ2n) is 0. The monoisotopic (exact) mass is 117 g/mol. The van der Waals surface area contributed by atoms with Gasteiger partial charge in [-0.25, -0.2) is 0 Å². The Labute approximate surface area is 37.8 Å². The zero-order valence-electron chi connectivity index (χ0n) is 2.12. The highest BCUT2D eigenvalue weighted by molar-refractivity contribution is 6.92. The van der Waals surface area contributed by atoms with Crippen molar-refractivity contribution >= 4 is 30.8 Å². The molecule has 2 unspecified atom stereocenters. The van der Waals surface area contributed by atoms with Gasteiger partial charge in [-0.3, -0.25) is 0 Å². The highest BCUT2D eigenvalue weighted by Gasteiger charge is -0.0148. The third kappa shape index (κ3) is 11.7. The molecule has 0 spiro atoms. The minimum atomic E-state index is 0. The predicted octanol–water partition coefficient (Wildman–Crippen LogP) is -1.17. The fraction of sp³-hybridized carbons (Fsp3) is 0. The van der Waals surface area contributed by atoms with E-state index in [4.69, 9.17) is 0 Å². The lowest BCUT2D eigenvalue weighted by Crippen LogP contribution is -0.481. The summed E-state index contributed by atoms with van der Waals surface area (Å²) < 4.78 is 0. The molecule has 1 nitrogen and oxygen atoms in total. The highest BCUT2D eigenvalue weighted by atomic mass is 31.0. The molecule has 0 aliphatic heterocycles. The van der Waals surface area contributed by atoms with E-state index in [0.29, 0.717) is 0 Å². The van der Waals surface area contributed by atoms with Gasteiger partial charge in [0.05, 0.1) is 0 Å². The molecule has 32 valence electrons. The molecule has 0 saturated heterocycles. The van der Waals surface area contributed by atoms with E-state index < -0.39 is 0 Å². The second-order valence-corrected chi connectivity index (χ2v) is 0. The largest absolute Gasteiger partial charge is 0.344 e. The van der Waals surface area contributed by atoms with Crippen molar-refractivity contribution in [3.8, 4) is 0 Å². The van der Waals surface area contributed by atoms with Crippen LogP contribution in [0.1, 0.15) is 0 Å². The van der Waals surface area contributed by atoms with Crippen LogP contribution in [0.3, 0.4) is 0 Å². The molecule has 0 aromatic carbocycles. The van der Waals surface area contributed by atoms with Gasteiger partial charge >= 0.3 is 0 Å². The molecule has 2 atom stereocenters. The van der Waals surface area contributed by atoms with Crippen molar-refractivity contribution in [1.29, 1.82) is 0 Å². The first-order valence-electron chi connectivity index (χ1n) is 0. The minimum absolute atomic E-state index is 0. The molecular formula is H13NP2Si. The quantitative estimate of drug-likeness (QED) is 0.315. The van der Waals surface area contributed by atoms with E-state index >= 15 is 0 Å². The topological polar surface area (TPSA) is 35.0 Å². The SMILES string of the molecule is N.P.P.[SiH4]. The van der Waals surface area contributed by atoms with Crippen molar-refractivity contribution in [2.45, 2.75) is 0 Å². The van der Waals surface area contributed by atoms with E-state index in [2.05, 4.69) is 0 Å². The van der Waals surface area contributed by atoms with Crippen molar-refractivity contribution in [1.82, 2.24) is 6.15 Å². The molecule has 0 amide bonds. The molecule has 0 radical (unpaired) electrons. The first-order valence-corrected chi connectivity index (χ1v) is 0. The molecule has 0 aromatic rings. The summed E-state index contributed by atoms with van der Waals surface area (Å²) in [6.07, 6.45) is 0. The number of hydrogen-bond acceptors (Lipinski definition) is 1. The lowest BCUT2D eigenvalue weighted by Gasteiger charge is -0.344. The molecule has 0 rings (SSSR count). The van der Waals surface area contributed by atoms with Gasteiger partial charge in [-0.1, -0.05) is 0 Å². The van der Waals surface area contributed by atoms with Crippen LogP contribution in [0.15, 0.2) is 0 Å². The Kier molecular flexibility index (Phi) is 661. The standard InChI is InChI=1S/H3N.2H3P.H4Si/h3*1H3;1H4. The maximum Gasteiger partial charge on any atom is -0.0149 e. The molecule has 4 heavy (non-hydrogen) atoms. The summed E-state index contributed by atoms with van der Waals surface area (Å²) >= 11 is 0. The second kappa shape index (κ2) is 34.6. The summed E-state index contributed by atoms with van der Waals surface area (Å²) in [4.78, 5) is 0. The molecule has 0 bridgehead atoms. The fourth-order valence-corrected chi connectivity index (χ4v) is 0. The molecular weight excluding hydrogens is 104 g/mol. The van der Waals surface area contributed by atoms with Crippen molar-refractivity contribution < 1.29 is 0 Å². The smallest absolute Gasteiger partial charge is 0.0149 e. The zero-order valence-corrected chi connectivity index (χ0v) is 4.95. The summed E-state index contributed by atoms with van der Waals surface area (Å²) in [7, 11) is 0. The van der Waals surface area contributed by atoms with Crippen LogP contribution in [0.4, 0.5) is 0 Å². The van der Waals surface area contributed by atoms with E-state index in [0.717, 1.165) is 0 Å². The van der Waals surface area contributed by atoms with Gasteiger partial charge in [-0.15, -0.1) is 0 Å². The Morgan fingerprint density at radius 2 is 0.750 bits per heavy atom. The fourth-order valence-electron chi connectivity index (χ4n) is 0. The first kappa shape index (κ1) is 76.3. The molecule has 4 heteroatoms. The summed E-state index contributed by atoms with van der Waals surface area (Å²) in [5, 5.41) is 0. The number of hydrogen-bond donors (Lipinski definition) is 1. The first-order chi connectivity index (χ1) is 0. The van der Waals surface area contributed by atoms with Gasteiger partial charge < -0.3 is 6.15 Å². The normalized spacial score (nSPS) is 0. The van der Waals surface area contributed by atoms with Crippen LogP contribution < -0.4 is 6.15 Å².